The Morgan fingerprint density at radius 1 is 1.08 bits per heavy atom. The van der Waals surface area contributed by atoms with Gasteiger partial charge in [-0.05, 0) is 49.9 Å². The third-order valence-corrected chi connectivity index (χ3v) is 4.91. The number of halogens is 1. The van der Waals surface area contributed by atoms with E-state index < -0.39 is 5.54 Å². The highest BCUT2D eigenvalue weighted by Gasteiger charge is 2.36. The molecule has 0 radical (unpaired) electrons. The largest absolute Gasteiger partial charge is 0.381 e. The van der Waals surface area contributed by atoms with Crippen molar-refractivity contribution >= 4 is 29.9 Å². The van der Waals surface area contributed by atoms with Gasteiger partial charge >= 0.3 is 0 Å². The molecule has 1 aliphatic heterocycles. The fraction of sp³-hybridized carbons (Fsp3) is 0.556. The highest BCUT2D eigenvalue weighted by molar-refractivity contribution is 5.99. The number of benzene rings is 1. The maximum Gasteiger partial charge on any atom is 0.251 e. The summed E-state index contributed by atoms with van der Waals surface area (Å²) in [6.07, 6.45) is 5.14. The van der Waals surface area contributed by atoms with E-state index in [0.29, 0.717) is 24.5 Å². The fourth-order valence-electron chi connectivity index (χ4n) is 3.30. The van der Waals surface area contributed by atoms with Crippen LogP contribution >= 0.6 is 12.4 Å². The van der Waals surface area contributed by atoms with E-state index in [9.17, 15) is 9.59 Å². The molecular weight excluding hydrogens is 342 g/mol. The topological polar surface area (TPSA) is 93.5 Å². The number of amides is 2. The van der Waals surface area contributed by atoms with E-state index in [1.54, 1.807) is 24.3 Å². The van der Waals surface area contributed by atoms with E-state index in [4.69, 9.17) is 10.5 Å². The second-order valence-electron chi connectivity index (χ2n) is 6.75. The molecule has 1 saturated heterocycles. The Labute approximate surface area is 154 Å². The molecule has 1 aliphatic carbocycles. The molecule has 0 unspecified atom stereocenters. The van der Waals surface area contributed by atoms with Crippen LogP contribution in [0.2, 0.25) is 0 Å². The molecule has 0 bridgehead atoms. The monoisotopic (exact) mass is 367 g/mol. The van der Waals surface area contributed by atoms with Gasteiger partial charge in [-0.25, -0.2) is 0 Å². The van der Waals surface area contributed by atoms with Crippen molar-refractivity contribution in [1.29, 1.82) is 0 Å². The smallest absolute Gasteiger partial charge is 0.251 e. The third kappa shape index (κ3) is 4.93. The minimum Gasteiger partial charge on any atom is -0.381 e. The summed E-state index contributed by atoms with van der Waals surface area (Å²) in [4.78, 5) is 24.5. The Balaban J connectivity index is 0.00000225. The van der Waals surface area contributed by atoms with Gasteiger partial charge in [0.15, 0.2) is 0 Å². The van der Waals surface area contributed by atoms with Gasteiger partial charge in [0, 0.05) is 30.5 Å². The van der Waals surface area contributed by atoms with Gasteiger partial charge in [0.2, 0.25) is 5.91 Å². The molecule has 2 amide bonds. The quantitative estimate of drug-likeness (QED) is 0.760. The summed E-state index contributed by atoms with van der Waals surface area (Å²) in [5.41, 5.74) is 6.65. The van der Waals surface area contributed by atoms with Gasteiger partial charge < -0.3 is 21.1 Å². The average Bonchev–Trinajstić information content (AvgIpc) is 3.04. The van der Waals surface area contributed by atoms with E-state index >= 15 is 0 Å². The van der Waals surface area contributed by atoms with Crippen molar-refractivity contribution < 1.29 is 14.3 Å². The van der Waals surface area contributed by atoms with Gasteiger partial charge in [0.05, 0.1) is 5.54 Å². The number of hydrogen-bond acceptors (Lipinski definition) is 4. The Morgan fingerprint density at radius 2 is 1.68 bits per heavy atom. The second kappa shape index (κ2) is 8.65. The lowest BCUT2D eigenvalue weighted by atomic mass is 9.98. The summed E-state index contributed by atoms with van der Waals surface area (Å²) in [6, 6.07) is 7.11. The van der Waals surface area contributed by atoms with Crippen molar-refractivity contribution in [1.82, 2.24) is 5.32 Å². The van der Waals surface area contributed by atoms with Gasteiger partial charge in [-0.3, -0.25) is 9.59 Å². The molecular formula is C18H26ClN3O3. The first kappa shape index (κ1) is 19.7. The number of anilines is 1. The summed E-state index contributed by atoms with van der Waals surface area (Å²) in [6.45, 7) is 1.38. The van der Waals surface area contributed by atoms with Crippen molar-refractivity contribution in [3.05, 3.63) is 29.8 Å². The highest BCUT2D eigenvalue weighted by atomic mass is 35.5. The lowest BCUT2D eigenvalue weighted by Crippen LogP contribution is -2.48. The predicted octanol–water partition coefficient (Wildman–Crippen LogP) is 2.23. The maximum atomic E-state index is 12.3. The molecule has 0 atom stereocenters. The fourth-order valence-corrected chi connectivity index (χ4v) is 3.30. The Bertz CT molecular complexity index is 594. The molecule has 6 nitrogen and oxygen atoms in total. The molecule has 4 N–H and O–H groups in total. The van der Waals surface area contributed by atoms with Crippen molar-refractivity contribution in [2.45, 2.75) is 50.1 Å². The summed E-state index contributed by atoms with van der Waals surface area (Å²) < 4.78 is 5.29. The van der Waals surface area contributed by atoms with Crippen LogP contribution in [0.15, 0.2) is 24.3 Å². The molecule has 1 heterocycles. The molecule has 138 valence electrons. The summed E-state index contributed by atoms with van der Waals surface area (Å²) in [5.74, 6) is -0.231. The van der Waals surface area contributed by atoms with Crippen LogP contribution in [0.3, 0.4) is 0 Å². The normalized spacial score (nSPS) is 19.7. The Hall–Kier alpha value is -1.63. The van der Waals surface area contributed by atoms with Crippen LogP contribution in [0.25, 0.3) is 0 Å². The molecule has 1 aromatic rings. The minimum atomic E-state index is -0.751. The van der Waals surface area contributed by atoms with E-state index in [2.05, 4.69) is 10.6 Å². The van der Waals surface area contributed by atoms with E-state index in [-0.39, 0.29) is 30.3 Å². The zero-order chi connectivity index (χ0) is 17.0. The van der Waals surface area contributed by atoms with Crippen LogP contribution in [-0.4, -0.2) is 36.6 Å². The second-order valence-corrected chi connectivity index (χ2v) is 6.75. The lowest BCUT2D eigenvalue weighted by Gasteiger charge is -2.23. The van der Waals surface area contributed by atoms with Crippen LogP contribution in [0.4, 0.5) is 5.69 Å². The predicted molar refractivity (Wildman–Crippen MR) is 99.0 cm³/mol. The third-order valence-electron chi connectivity index (χ3n) is 4.91. The van der Waals surface area contributed by atoms with Crippen LogP contribution in [-0.2, 0) is 9.53 Å². The van der Waals surface area contributed by atoms with Gasteiger partial charge in [-0.1, -0.05) is 12.8 Å². The number of rotatable bonds is 4. The van der Waals surface area contributed by atoms with Crippen LogP contribution in [0.5, 0.6) is 0 Å². The molecule has 7 heteroatoms. The van der Waals surface area contributed by atoms with Gasteiger partial charge in [-0.15, -0.1) is 12.4 Å². The zero-order valence-corrected chi connectivity index (χ0v) is 15.1. The number of carbonyl (C=O) groups is 2. The van der Waals surface area contributed by atoms with E-state index in [0.717, 1.165) is 38.5 Å². The Kier molecular flexibility index (Phi) is 6.81. The summed E-state index contributed by atoms with van der Waals surface area (Å²) >= 11 is 0. The number of hydrogen-bond donors (Lipinski definition) is 3. The van der Waals surface area contributed by atoms with Gasteiger partial charge in [0.25, 0.3) is 5.91 Å². The average molecular weight is 368 g/mol. The van der Waals surface area contributed by atoms with E-state index in [1.165, 1.54) is 0 Å². The molecule has 0 aromatic heterocycles. The van der Waals surface area contributed by atoms with Crippen molar-refractivity contribution in [3.8, 4) is 0 Å². The number of nitrogens with two attached hydrogens (primary N) is 1. The molecule has 1 aromatic carbocycles. The van der Waals surface area contributed by atoms with Crippen molar-refractivity contribution in [2.24, 2.45) is 5.73 Å². The summed E-state index contributed by atoms with van der Waals surface area (Å²) in [5, 5.41) is 5.88. The molecule has 1 saturated carbocycles. The number of carbonyl (C=O) groups excluding carboxylic acids is 2. The van der Waals surface area contributed by atoms with Gasteiger partial charge in [-0.2, -0.15) is 0 Å². The van der Waals surface area contributed by atoms with Gasteiger partial charge in [0.1, 0.15) is 0 Å². The summed E-state index contributed by atoms with van der Waals surface area (Å²) in [7, 11) is 0. The SMILES string of the molecule is Cl.NC1(C(=O)Nc2ccc(C(=O)NC3CCOCC3)cc2)CCCC1. The first-order valence-electron chi connectivity index (χ1n) is 8.66. The first-order chi connectivity index (χ1) is 11.6. The number of nitrogens with one attached hydrogen (secondary N) is 2. The molecule has 0 spiro atoms. The zero-order valence-electron chi connectivity index (χ0n) is 14.3. The van der Waals surface area contributed by atoms with Crippen LogP contribution < -0.4 is 16.4 Å². The lowest BCUT2D eigenvalue weighted by molar-refractivity contribution is -0.121. The minimum absolute atomic E-state index is 0. The van der Waals surface area contributed by atoms with Crippen molar-refractivity contribution in [2.75, 3.05) is 18.5 Å². The Morgan fingerprint density at radius 3 is 2.28 bits per heavy atom. The molecule has 3 rings (SSSR count). The van der Waals surface area contributed by atoms with Crippen LogP contribution in [0.1, 0.15) is 48.9 Å². The van der Waals surface area contributed by atoms with Crippen molar-refractivity contribution in [3.63, 3.8) is 0 Å². The first-order valence-corrected chi connectivity index (χ1v) is 8.66. The van der Waals surface area contributed by atoms with Crippen LogP contribution in [0, 0.1) is 0 Å². The maximum absolute atomic E-state index is 12.3. The molecule has 25 heavy (non-hydrogen) atoms. The standard InChI is InChI=1S/C18H25N3O3.ClH/c19-18(9-1-2-10-18)17(23)21-14-5-3-13(4-6-14)16(22)20-15-7-11-24-12-8-15;/h3-6,15H,1-2,7-12,19H2,(H,20,22)(H,21,23);1H. The van der Waals surface area contributed by atoms with E-state index in [1.807, 2.05) is 0 Å². The molecule has 2 aliphatic rings. The molecule has 2 fully saturated rings. The highest BCUT2D eigenvalue weighted by Crippen LogP contribution is 2.28. The number of ether oxygens (including phenoxy) is 1.